The van der Waals surface area contributed by atoms with Gasteiger partial charge in [0.05, 0.1) is 6.61 Å². The van der Waals surface area contributed by atoms with Crippen LogP contribution in [-0.4, -0.2) is 31.6 Å². The van der Waals surface area contributed by atoms with E-state index in [-0.39, 0.29) is 6.42 Å². The molecule has 0 aromatic carbocycles. The molecule has 19 heavy (non-hydrogen) atoms. The van der Waals surface area contributed by atoms with E-state index in [1.807, 2.05) is 13.8 Å². The van der Waals surface area contributed by atoms with Gasteiger partial charge in [-0.15, -0.1) is 0 Å². The fourth-order valence-corrected chi connectivity index (χ4v) is 0.951. The number of ketones is 1. The van der Waals surface area contributed by atoms with Gasteiger partial charge in [-0.2, -0.15) is 0 Å². The van der Waals surface area contributed by atoms with Crippen LogP contribution in [0.1, 0.15) is 60.3 Å². The minimum atomic E-state index is -0.696. The standard InChI is InChI=1S/C9H16O3.C6H14O/c1-4-7(3)6-12-9(11)8(10)5-2;1-3-5-7-6-4-2/h7H,4-6H2,1-3H3;3-6H2,1-2H3/t7-;/m0./s1. The Morgan fingerprint density at radius 3 is 1.89 bits per heavy atom. The van der Waals surface area contributed by atoms with Gasteiger partial charge in [-0.25, -0.2) is 4.79 Å². The summed E-state index contributed by atoms with van der Waals surface area (Å²) in [7, 11) is 0. The molecule has 1 atom stereocenters. The van der Waals surface area contributed by atoms with E-state index in [4.69, 9.17) is 9.47 Å². The van der Waals surface area contributed by atoms with Crippen LogP contribution in [0.5, 0.6) is 0 Å². The third-order valence-electron chi connectivity index (χ3n) is 2.44. The zero-order valence-corrected chi connectivity index (χ0v) is 13.2. The molecule has 0 N–H and O–H groups in total. The van der Waals surface area contributed by atoms with Crippen molar-refractivity contribution in [2.75, 3.05) is 19.8 Å². The quantitative estimate of drug-likeness (QED) is 0.367. The Hall–Kier alpha value is -0.900. The first-order valence-corrected chi connectivity index (χ1v) is 7.30. The number of rotatable bonds is 9. The molecule has 0 saturated heterocycles. The molecule has 0 aromatic rings. The molecule has 0 aliphatic carbocycles. The molecule has 4 heteroatoms. The molecule has 114 valence electrons. The van der Waals surface area contributed by atoms with Crippen LogP contribution in [0.4, 0.5) is 0 Å². The van der Waals surface area contributed by atoms with Gasteiger partial charge in [0.25, 0.3) is 0 Å². The van der Waals surface area contributed by atoms with Crippen LogP contribution < -0.4 is 0 Å². The minimum absolute atomic E-state index is 0.222. The highest BCUT2D eigenvalue weighted by Crippen LogP contribution is 2.01. The topological polar surface area (TPSA) is 52.6 Å². The maximum Gasteiger partial charge on any atom is 0.374 e. The molecule has 0 aliphatic heterocycles. The van der Waals surface area contributed by atoms with Gasteiger partial charge in [0, 0.05) is 19.6 Å². The second-order valence-corrected chi connectivity index (χ2v) is 4.50. The van der Waals surface area contributed by atoms with E-state index in [0.29, 0.717) is 12.5 Å². The average molecular weight is 274 g/mol. The Morgan fingerprint density at radius 2 is 1.53 bits per heavy atom. The summed E-state index contributed by atoms with van der Waals surface area (Å²) in [5.74, 6) is -0.810. The number of ether oxygens (including phenoxy) is 2. The summed E-state index contributed by atoms with van der Waals surface area (Å²) in [4.78, 5) is 21.6. The van der Waals surface area contributed by atoms with Crippen LogP contribution in [-0.2, 0) is 19.1 Å². The van der Waals surface area contributed by atoms with E-state index in [9.17, 15) is 9.59 Å². The molecule has 0 fully saturated rings. The van der Waals surface area contributed by atoms with Crippen molar-refractivity contribution in [3.05, 3.63) is 0 Å². The number of hydrogen-bond acceptors (Lipinski definition) is 4. The molecule has 0 saturated carbocycles. The first-order valence-electron chi connectivity index (χ1n) is 7.30. The first-order chi connectivity index (χ1) is 9.03. The molecule has 0 aliphatic rings. The maximum absolute atomic E-state index is 10.8. The summed E-state index contributed by atoms with van der Waals surface area (Å²) in [6, 6.07) is 0. The third-order valence-corrected chi connectivity index (χ3v) is 2.44. The molecular weight excluding hydrogens is 244 g/mol. The molecule has 0 amide bonds. The number of Topliss-reactive ketones (excluding diaryl/α,β-unsaturated/α-hetero) is 1. The Labute approximate surface area is 117 Å². The summed E-state index contributed by atoms with van der Waals surface area (Å²) in [5.41, 5.74) is 0. The highest BCUT2D eigenvalue weighted by atomic mass is 16.5. The van der Waals surface area contributed by atoms with Gasteiger partial charge >= 0.3 is 5.97 Å². The predicted octanol–water partition coefficient (Wildman–Crippen LogP) is 3.38. The molecule has 0 bridgehead atoms. The normalized spacial score (nSPS) is 11.2. The van der Waals surface area contributed by atoms with E-state index in [1.54, 1.807) is 6.92 Å². The molecule has 0 radical (unpaired) electrons. The van der Waals surface area contributed by atoms with Crippen molar-refractivity contribution in [1.29, 1.82) is 0 Å². The second kappa shape index (κ2) is 15.2. The van der Waals surface area contributed by atoms with E-state index in [0.717, 1.165) is 32.5 Å². The molecule has 0 rings (SSSR count). The molecule has 0 aromatic heterocycles. The molecule has 0 spiro atoms. The summed E-state index contributed by atoms with van der Waals surface area (Å²) >= 11 is 0. The smallest absolute Gasteiger partial charge is 0.374 e. The third kappa shape index (κ3) is 15.0. The van der Waals surface area contributed by atoms with Crippen LogP contribution in [0, 0.1) is 5.92 Å². The lowest BCUT2D eigenvalue weighted by Gasteiger charge is -2.07. The highest BCUT2D eigenvalue weighted by molar-refractivity contribution is 6.33. The maximum atomic E-state index is 10.8. The Bertz CT molecular complexity index is 222. The fraction of sp³-hybridized carbons (Fsp3) is 0.867. The number of esters is 1. The average Bonchev–Trinajstić information content (AvgIpc) is 2.44. The summed E-state index contributed by atoms with van der Waals surface area (Å²) in [6.07, 6.45) is 3.45. The Morgan fingerprint density at radius 1 is 1.00 bits per heavy atom. The van der Waals surface area contributed by atoms with Crippen molar-refractivity contribution in [2.45, 2.75) is 60.3 Å². The fourth-order valence-electron chi connectivity index (χ4n) is 0.951. The van der Waals surface area contributed by atoms with Crippen LogP contribution in [0.3, 0.4) is 0 Å². The monoisotopic (exact) mass is 274 g/mol. The van der Waals surface area contributed by atoms with Gasteiger partial charge in [-0.3, -0.25) is 4.79 Å². The lowest BCUT2D eigenvalue weighted by Crippen LogP contribution is -2.19. The molecule has 0 heterocycles. The van der Waals surface area contributed by atoms with Crippen molar-refractivity contribution >= 4 is 11.8 Å². The van der Waals surface area contributed by atoms with Gasteiger partial charge in [0.15, 0.2) is 0 Å². The summed E-state index contributed by atoms with van der Waals surface area (Å²) < 4.78 is 9.89. The van der Waals surface area contributed by atoms with Crippen LogP contribution in [0.2, 0.25) is 0 Å². The first kappa shape index (κ1) is 20.4. The van der Waals surface area contributed by atoms with Crippen molar-refractivity contribution < 1.29 is 19.1 Å². The van der Waals surface area contributed by atoms with Gasteiger partial charge < -0.3 is 9.47 Å². The van der Waals surface area contributed by atoms with Crippen molar-refractivity contribution in [3.63, 3.8) is 0 Å². The van der Waals surface area contributed by atoms with Gasteiger partial charge in [0.2, 0.25) is 5.78 Å². The highest BCUT2D eigenvalue weighted by Gasteiger charge is 2.13. The van der Waals surface area contributed by atoms with E-state index in [2.05, 4.69) is 13.8 Å². The van der Waals surface area contributed by atoms with Crippen LogP contribution in [0.15, 0.2) is 0 Å². The van der Waals surface area contributed by atoms with Gasteiger partial charge in [0.1, 0.15) is 0 Å². The molecular formula is C15H30O4. The summed E-state index contributed by atoms with van der Waals surface area (Å²) in [6.45, 7) is 12.1. The van der Waals surface area contributed by atoms with Crippen LogP contribution >= 0.6 is 0 Å². The number of carbonyl (C=O) groups excluding carboxylic acids is 2. The van der Waals surface area contributed by atoms with Crippen LogP contribution in [0.25, 0.3) is 0 Å². The molecule has 0 unspecified atom stereocenters. The summed E-state index contributed by atoms with van der Waals surface area (Å²) in [5, 5.41) is 0. The zero-order chi connectivity index (χ0) is 15.1. The lowest BCUT2D eigenvalue weighted by molar-refractivity contribution is -0.154. The van der Waals surface area contributed by atoms with E-state index >= 15 is 0 Å². The largest absolute Gasteiger partial charge is 0.460 e. The van der Waals surface area contributed by atoms with Gasteiger partial charge in [-0.1, -0.05) is 41.0 Å². The molecule has 4 nitrogen and oxygen atoms in total. The SMILES string of the molecule is CCC(=O)C(=O)OC[C@@H](C)CC.CCCOCCC. The van der Waals surface area contributed by atoms with E-state index < -0.39 is 11.8 Å². The Balaban J connectivity index is 0. The van der Waals surface area contributed by atoms with E-state index in [1.165, 1.54) is 0 Å². The zero-order valence-electron chi connectivity index (χ0n) is 13.2. The predicted molar refractivity (Wildman–Crippen MR) is 77.1 cm³/mol. The second-order valence-electron chi connectivity index (χ2n) is 4.50. The number of carbonyl (C=O) groups is 2. The number of hydrogen-bond donors (Lipinski definition) is 0. The van der Waals surface area contributed by atoms with Crippen molar-refractivity contribution in [2.24, 2.45) is 5.92 Å². The van der Waals surface area contributed by atoms with Crippen molar-refractivity contribution in [1.82, 2.24) is 0 Å². The lowest BCUT2D eigenvalue weighted by atomic mass is 10.1. The van der Waals surface area contributed by atoms with Crippen molar-refractivity contribution in [3.8, 4) is 0 Å². The van der Waals surface area contributed by atoms with Gasteiger partial charge in [-0.05, 0) is 18.8 Å². The minimum Gasteiger partial charge on any atom is -0.460 e. The Kier molecular flexibility index (Phi) is 16.3.